The topological polar surface area (TPSA) is 97.2 Å². The van der Waals surface area contributed by atoms with Gasteiger partial charge in [-0.25, -0.2) is 10.2 Å². The van der Waals surface area contributed by atoms with E-state index >= 15 is 0 Å². The Morgan fingerprint density at radius 2 is 1.78 bits per heavy atom. The summed E-state index contributed by atoms with van der Waals surface area (Å²) >= 11 is 3.41. The van der Waals surface area contributed by atoms with Crippen molar-refractivity contribution in [3.05, 3.63) is 93.0 Å². The van der Waals surface area contributed by atoms with Crippen LogP contribution in [0.25, 0.3) is 0 Å². The molecule has 7 nitrogen and oxygen atoms in total. The molecule has 36 heavy (non-hydrogen) atoms. The molecule has 0 unspecified atom stereocenters. The SMILES string of the molecule is CCOc1cc(/C=N\NC(=O)c2cccc(C(F)(F)F)c2)cc(Br)c1OCc1cccc(C(=O)O)c1. The van der Waals surface area contributed by atoms with Gasteiger partial charge in [-0.1, -0.05) is 18.2 Å². The molecule has 0 aliphatic heterocycles. The number of hydrogen-bond donors (Lipinski definition) is 2. The van der Waals surface area contributed by atoms with Gasteiger partial charge >= 0.3 is 12.1 Å². The van der Waals surface area contributed by atoms with E-state index in [1.807, 2.05) is 0 Å². The minimum atomic E-state index is -4.57. The lowest BCUT2D eigenvalue weighted by atomic mass is 10.1. The van der Waals surface area contributed by atoms with E-state index in [0.717, 1.165) is 18.2 Å². The summed E-state index contributed by atoms with van der Waals surface area (Å²) in [6.07, 6.45) is -3.26. The third-order valence-electron chi connectivity index (χ3n) is 4.72. The summed E-state index contributed by atoms with van der Waals surface area (Å²) in [7, 11) is 0. The molecule has 3 aromatic carbocycles. The van der Waals surface area contributed by atoms with Crippen LogP contribution >= 0.6 is 15.9 Å². The Balaban J connectivity index is 1.73. The molecule has 0 radical (unpaired) electrons. The maximum atomic E-state index is 12.9. The molecule has 0 spiro atoms. The molecule has 11 heteroatoms. The fourth-order valence-corrected chi connectivity index (χ4v) is 3.66. The maximum Gasteiger partial charge on any atom is 0.416 e. The normalized spacial score (nSPS) is 11.4. The third kappa shape index (κ3) is 7.08. The number of benzene rings is 3. The molecule has 0 aliphatic rings. The van der Waals surface area contributed by atoms with Crippen molar-refractivity contribution in [3.63, 3.8) is 0 Å². The summed E-state index contributed by atoms with van der Waals surface area (Å²) in [6.45, 7) is 2.19. The van der Waals surface area contributed by atoms with Crippen LogP contribution in [0.2, 0.25) is 0 Å². The van der Waals surface area contributed by atoms with E-state index in [1.54, 1.807) is 31.2 Å². The lowest BCUT2D eigenvalue weighted by Crippen LogP contribution is -2.18. The van der Waals surface area contributed by atoms with Crippen LogP contribution in [0.3, 0.4) is 0 Å². The second kappa shape index (κ2) is 11.7. The molecule has 0 saturated carbocycles. The van der Waals surface area contributed by atoms with Crippen LogP contribution < -0.4 is 14.9 Å². The number of rotatable bonds is 9. The Hall–Kier alpha value is -3.86. The Bertz CT molecular complexity index is 1290. The molecular formula is C25H20BrF3N2O5. The van der Waals surface area contributed by atoms with Crippen LogP contribution in [-0.2, 0) is 12.8 Å². The first-order valence-corrected chi connectivity index (χ1v) is 11.3. The summed E-state index contributed by atoms with van der Waals surface area (Å²) in [5.74, 6) is -1.10. The molecule has 1 amide bonds. The number of carboxylic acid groups (broad SMARTS) is 1. The van der Waals surface area contributed by atoms with Crippen LogP contribution in [0.4, 0.5) is 13.2 Å². The van der Waals surface area contributed by atoms with Gasteiger partial charge in [-0.15, -0.1) is 0 Å². The van der Waals surface area contributed by atoms with Gasteiger partial charge in [0, 0.05) is 5.56 Å². The van der Waals surface area contributed by atoms with Crippen LogP contribution in [0.1, 0.15) is 44.3 Å². The van der Waals surface area contributed by atoms with E-state index in [-0.39, 0.29) is 17.7 Å². The van der Waals surface area contributed by atoms with Gasteiger partial charge in [0.15, 0.2) is 11.5 Å². The number of carboxylic acids is 1. The smallest absolute Gasteiger partial charge is 0.416 e. The van der Waals surface area contributed by atoms with Crippen molar-refractivity contribution in [1.82, 2.24) is 5.43 Å². The predicted molar refractivity (Wildman–Crippen MR) is 130 cm³/mol. The molecule has 0 atom stereocenters. The third-order valence-corrected chi connectivity index (χ3v) is 5.31. The molecular weight excluding hydrogens is 545 g/mol. The highest BCUT2D eigenvalue weighted by molar-refractivity contribution is 9.10. The van der Waals surface area contributed by atoms with E-state index in [0.29, 0.717) is 33.7 Å². The zero-order valence-electron chi connectivity index (χ0n) is 18.8. The average Bonchev–Trinajstić information content (AvgIpc) is 2.83. The standard InChI is InChI=1S/C25H20BrF3N2O5/c1-2-35-21-11-16(13-30-31-23(32)17-6-4-8-19(12-17)25(27,28)29)10-20(26)22(21)36-14-15-5-3-7-18(9-15)24(33)34/h3-13H,2,14H2,1H3,(H,31,32)(H,33,34)/b30-13-. The number of amides is 1. The summed E-state index contributed by atoms with van der Waals surface area (Å²) < 4.78 is 50.6. The Labute approximate surface area is 212 Å². The number of alkyl halides is 3. The lowest BCUT2D eigenvalue weighted by molar-refractivity contribution is -0.137. The second-order valence-corrected chi connectivity index (χ2v) is 8.19. The van der Waals surface area contributed by atoms with Gasteiger partial charge in [0.2, 0.25) is 0 Å². The second-order valence-electron chi connectivity index (χ2n) is 7.33. The lowest BCUT2D eigenvalue weighted by Gasteiger charge is -2.15. The van der Waals surface area contributed by atoms with Crippen molar-refractivity contribution >= 4 is 34.0 Å². The highest BCUT2D eigenvalue weighted by atomic mass is 79.9. The van der Waals surface area contributed by atoms with Crippen molar-refractivity contribution < 1.29 is 37.3 Å². The summed E-state index contributed by atoms with van der Waals surface area (Å²) in [4.78, 5) is 23.4. The van der Waals surface area contributed by atoms with Crippen molar-refractivity contribution in [2.24, 2.45) is 5.10 Å². The fraction of sp³-hybridized carbons (Fsp3) is 0.160. The molecule has 188 valence electrons. The summed E-state index contributed by atoms with van der Waals surface area (Å²) in [5.41, 5.74) is 2.37. The van der Waals surface area contributed by atoms with Gasteiger partial charge < -0.3 is 14.6 Å². The molecule has 0 aliphatic carbocycles. The van der Waals surface area contributed by atoms with Crippen LogP contribution in [-0.4, -0.2) is 29.8 Å². The fourth-order valence-electron chi connectivity index (χ4n) is 3.08. The Kier molecular flexibility index (Phi) is 8.70. The van der Waals surface area contributed by atoms with Crippen molar-refractivity contribution in [2.75, 3.05) is 6.61 Å². The molecule has 0 aromatic heterocycles. The van der Waals surface area contributed by atoms with E-state index in [2.05, 4.69) is 26.5 Å². The quantitative estimate of drug-likeness (QED) is 0.249. The maximum absolute atomic E-state index is 12.9. The largest absolute Gasteiger partial charge is 0.490 e. The van der Waals surface area contributed by atoms with Crippen LogP contribution in [0, 0.1) is 0 Å². The van der Waals surface area contributed by atoms with E-state index in [9.17, 15) is 22.8 Å². The van der Waals surface area contributed by atoms with Crippen LogP contribution in [0.15, 0.2) is 70.2 Å². The molecule has 0 heterocycles. The zero-order valence-corrected chi connectivity index (χ0v) is 20.4. The first-order chi connectivity index (χ1) is 17.1. The minimum Gasteiger partial charge on any atom is -0.490 e. The van der Waals surface area contributed by atoms with E-state index in [1.165, 1.54) is 24.4 Å². The molecule has 2 N–H and O–H groups in total. The molecule has 0 saturated heterocycles. The number of aromatic carboxylic acids is 1. The van der Waals surface area contributed by atoms with Crippen LogP contribution in [0.5, 0.6) is 11.5 Å². The first-order valence-electron chi connectivity index (χ1n) is 10.5. The molecule has 3 rings (SSSR count). The number of hydrazone groups is 1. The Morgan fingerprint density at radius 3 is 2.47 bits per heavy atom. The number of nitrogens with one attached hydrogen (secondary N) is 1. The van der Waals surface area contributed by atoms with E-state index in [4.69, 9.17) is 14.6 Å². The summed E-state index contributed by atoms with van der Waals surface area (Å²) in [6, 6.07) is 13.6. The van der Waals surface area contributed by atoms with Crippen molar-refractivity contribution in [3.8, 4) is 11.5 Å². The first kappa shape index (κ1) is 26.7. The average molecular weight is 565 g/mol. The number of carbonyl (C=O) groups excluding carboxylic acids is 1. The molecule has 3 aromatic rings. The summed E-state index contributed by atoms with van der Waals surface area (Å²) in [5, 5.41) is 13.0. The number of nitrogens with zero attached hydrogens (tertiary/aromatic N) is 1. The van der Waals surface area contributed by atoms with Crippen molar-refractivity contribution in [1.29, 1.82) is 0 Å². The van der Waals surface area contributed by atoms with E-state index < -0.39 is 23.6 Å². The number of carbonyl (C=O) groups is 2. The van der Waals surface area contributed by atoms with Gasteiger partial charge in [0.05, 0.1) is 28.4 Å². The van der Waals surface area contributed by atoms with Gasteiger partial charge in [-0.2, -0.15) is 18.3 Å². The number of halogens is 4. The van der Waals surface area contributed by atoms with Crippen molar-refractivity contribution in [2.45, 2.75) is 19.7 Å². The minimum absolute atomic E-state index is 0.0836. The number of hydrogen-bond acceptors (Lipinski definition) is 5. The monoisotopic (exact) mass is 564 g/mol. The number of ether oxygens (including phenoxy) is 2. The van der Waals surface area contributed by atoms with Gasteiger partial charge in [-0.3, -0.25) is 4.79 Å². The van der Waals surface area contributed by atoms with Gasteiger partial charge in [0.1, 0.15) is 6.61 Å². The molecule has 0 bridgehead atoms. The zero-order chi connectivity index (χ0) is 26.3. The highest BCUT2D eigenvalue weighted by Gasteiger charge is 2.30. The highest BCUT2D eigenvalue weighted by Crippen LogP contribution is 2.37. The Morgan fingerprint density at radius 1 is 1.06 bits per heavy atom. The van der Waals surface area contributed by atoms with Gasteiger partial charge in [-0.05, 0) is 76.4 Å². The molecule has 0 fully saturated rings. The van der Waals surface area contributed by atoms with Gasteiger partial charge in [0.25, 0.3) is 5.91 Å². The predicted octanol–water partition coefficient (Wildman–Crippen LogP) is 5.91.